The van der Waals surface area contributed by atoms with Crippen molar-refractivity contribution in [3.63, 3.8) is 0 Å². The number of aliphatic hydroxyl groups excluding tert-OH is 1. The van der Waals surface area contributed by atoms with Crippen LogP contribution in [-0.4, -0.2) is 64.2 Å². The second-order valence-electron chi connectivity index (χ2n) is 13.2. The zero-order chi connectivity index (χ0) is 34.1. The maximum atomic E-state index is 14.7. The minimum Gasteiger partial charge on any atom is -0.444 e. The largest absolute Gasteiger partial charge is 0.444 e. The lowest BCUT2D eigenvalue weighted by atomic mass is 9.92. The number of aliphatic hydroxyl groups is 1. The van der Waals surface area contributed by atoms with Crippen LogP contribution in [0.4, 0.5) is 13.6 Å². The van der Waals surface area contributed by atoms with Gasteiger partial charge in [-0.1, -0.05) is 91.0 Å². The first-order chi connectivity index (χ1) is 23.0. The molecule has 1 amide bonds. The van der Waals surface area contributed by atoms with Gasteiger partial charge in [0.15, 0.2) is 6.29 Å². The molecule has 0 bridgehead atoms. The fourth-order valence-electron chi connectivity index (χ4n) is 6.05. The molecule has 1 fully saturated rings. The molecule has 0 radical (unpaired) electrons. The van der Waals surface area contributed by atoms with Gasteiger partial charge in [0.2, 0.25) is 0 Å². The van der Waals surface area contributed by atoms with Gasteiger partial charge in [-0.2, -0.15) is 0 Å². The van der Waals surface area contributed by atoms with Crippen LogP contribution in [0.3, 0.4) is 0 Å². The number of carbonyl (C=O) groups is 1. The summed E-state index contributed by atoms with van der Waals surface area (Å²) in [6, 6.07) is 31.8. The van der Waals surface area contributed by atoms with E-state index < -0.39 is 47.8 Å². The molecule has 7 nitrogen and oxygen atoms in total. The Morgan fingerprint density at radius 3 is 1.90 bits per heavy atom. The molecule has 9 heteroatoms. The van der Waals surface area contributed by atoms with E-state index in [0.29, 0.717) is 18.7 Å². The molecule has 0 spiro atoms. The van der Waals surface area contributed by atoms with Crippen molar-refractivity contribution in [1.29, 1.82) is 0 Å². The smallest absolute Gasteiger partial charge is 0.410 e. The van der Waals surface area contributed by atoms with E-state index in [1.807, 2.05) is 91.0 Å². The van der Waals surface area contributed by atoms with E-state index in [1.165, 1.54) is 17.0 Å². The van der Waals surface area contributed by atoms with Crippen LogP contribution in [0, 0.1) is 11.6 Å². The van der Waals surface area contributed by atoms with Gasteiger partial charge < -0.3 is 19.3 Å². The average Bonchev–Trinajstić information content (AvgIpc) is 3.04. The molecule has 0 aromatic heterocycles. The van der Waals surface area contributed by atoms with Crippen molar-refractivity contribution in [3.05, 3.63) is 143 Å². The molecule has 4 aromatic carbocycles. The zero-order valence-corrected chi connectivity index (χ0v) is 27.7. The first kappa shape index (κ1) is 35.2. The minimum atomic E-state index is -1.22. The summed E-state index contributed by atoms with van der Waals surface area (Å²) in [4.78, 5) is 17.4. The lowest BCUT2D eigenvalue weighted by Crippen LogP contribution is -2.63. The Balaban J connectivity index is 1.63. The van der Waals surface area contributed by atoms with Crippen LogP contribution >= 0.6 is 0 Å². The second-order valence-corrected chi connectivity index (χ2v) is 13.2. The number of nitrogens with zero attached hydrogens (tertiary/aromatic N) is 2. The third-order valence-corrected chi connectivity index (χ3v) is 8.18. The lowest BCUT2D eigenvalue weighted by molar-refractivity contribution is -0.190. The van der Waals surface area contributed by atoms with Crippen LogP contribution in [0.5, 0.6) is 0 Å². The van der Waals surface area contributed by atoms with E-state index in [-0.39, 0.29) is 26.2 Å². The van der Waals surface area contributed by atoms with Crippen molar-refractivity contribution in [3.8, 4) is 0 Å². The summed E-state index contributed by atoms with van der Waals surface area (Å²) < 4.78 is 47.7. The molecule has 1 aliphatic rings. The molecule has 4 aromatic rings. The van der Waals surface area contributed by atoms with Crippen molar-refractivity contribution in [2.24, 2.45) is 0 Å². The normalized spacial score (nSPS) is 18.0. The summed E-state index contributed by atoms with van der Waals surface area (Å²) in [6.45, 7) is 6.32. The molecule has 0 saturated carbocycles. The topological polar surface area (TPSA) is 71.5 Å². The highest BCUT2D eigenvalue weighted by molar-refractivity contribution is 5.69. The molecule has 4 atom stereocenters. The van der Waals surface area contributed by atoms with E-state index in [9.17, 15) is 18.7 Å². The number of benzene rings is 4. The summed E-state index contributed by atoms with van der Waals surface area (Å²) in [5.41, 5.74) is 2.62. The number of morpholine rings is 1. The summed E-state index contributed by atoms with van der Waals surface area (Å²) in [7, 11) is 0. The van der Waals surface area contributed by atoms with Gasteiger partial charge in [0, 0.05) is 25.2 Å². The fourth-order valence-corrected chi connectivity index (χ4v) is 6.05. The molecule has 5 rings (SSSR count). The fraction of sp³-hybridized carbons (Fsp3) is 0.359. The van der Waals surface area contributed by atoms with Gasteiger partial charge in [0.25, 0.3) is 0 Å². The predicted octanol–water partition coefficient (Wildman–Crippen LogP) is 7.12. The predicted molar refractivity (Wildman–Crippen MR) is 180 cm³/mol. The monoisotopic (exact) mass is 658 g/mol. The van der Waals surface area contributed by atoms with Crippen molar-refractivity contribution in [1.82, 2.24) is 9.80 Å². The first-order valence-electron chi connectivity index (χ1n) is 16.3. The highest BCUT2D eigenvalue weighted by Crippen LogP contribution is 2.29. The minimum absolute atomic E-state index is 0.0433. The second kappa shape index (κ2) is 16.3. The molecular formula is C39H44F2N2O5. The maximum absolute atomic E-state index is 14.7. The third-order valence-electron chi connectivity index (χ3n) is 8.18. The van der Waals surface area contributed by atoms with Gasteiger partial charge in [-0.3, -0.25) is 9.80 Å². The molecule has 1 saturated heterocycles. The van der Waals surface area contributed by atoms with Gasteiger partial charge in [-0.15, -0.1) is 0 Å². The van der Waals surface area contributed by atoms with Crippen LogP contribution in [-0.2, 0) is 40.3 Å². The number of rotatable bonds is 12. The van der Waals surface area contributed by atoms with Gasteiger partial charge in [-0.25, -0.2) is 13.6 Å². The quantitative estimate of drug-likeness (QED) is 0.175. The van der Waals surface area contributed by atoms with Crippen molar-refractivity contribution < 1.29 is 32.9 Å². The van der Waals surface area contributed by atoms with Crippen LogP contribution < -0.4 is 0 Å². The number of ether oxygens (including phenoxy) is 3. The van der Waals surface area contributed by atoms with Crippen molar-refractivity contribution in [2.75, 3.05) is 13.2 Å². The van der Waals surface area contributed by atoms with E-state index >= 15 is 0 Å². The van der Waals surface area contributed by atoms with Gasteiger partial charge in [0.1, 0.15) is 17.2 Å². The maximum Gasteiger partial charge on any atom is 0.410 e. The Morgan fingerprint density at radius 1 is 0.854 bits per heavy atom. The summed E-state index contributed by atoms with van der Waals surface area (Å²) in [5.74, 6) is -1.36. The first-order valence-corrected chi connectivity index (χ1v) is 16.3. The van der Waals surface area contributed by atoms with Gasteiger partial charge in [-0.05, 0) is 61.6 Å². The molecule has 0 aliphatic carbocycles. The number of β-amino-alcohol motifs (C(OH)–C–C–N with tert-alkyl or cyclic N) is 1. The molecule has 1 heterocycles. The van der Waals surface area contributed by atoms with Crippen LogP contribution in [0.15, 0.2) is 109 Å². The zero-order valence-electron chi connectivity index (χ0n) is 27.7. The number of amides is 1. The number of hydrogen-bond acceptors (Lipinski definition) is 6. The average molecular weight is 659 g/mol. The Kier molecular flexibility index (Phi) is 11.9. The highest BCUT2D eigenvalue weighted by atomic mass is 19.1. The van der Waals surface area contributed by atoms with E-state index in [2.05, 4.69) is 4.90 Å². The highest BCUT2D eigenvalue weighted by Gasteiger charge is 2.44. The summed E-state index contributed by atoms with van der Waals surface area (Å²) in [5, 5.41) is 10.6. The molecule has 3 unspecified atom stereocenters. The van der Waals surface area contributed by atoms with Crippen molar-refractivity contribution in [2.45, 2.75) is 77.0 Å². The number of carbonyl (C=O) groups excluding carboxylic acids is 1. The standard InChI is InChI=1S/C39H44F2N2O5/c1-39(2,3)48-38(45)43-25-36(44)46-27-35(43)37(47-26-30-17-11-6-12-18-30)34(21-31-19-32(40)22-33(41)20-31)42(23-28-13-7-4-8-14-28)24-29-15-9-5-10-16-29/h4-20,22,34-37,44H,21,23-27H2,1-3H3/t34?,35?,36-,37?/m1/s1. The molecule has 48 heavy (non-hydrogen) atoms. The molecule has 1 N–H and O–H groups in total. The number of hydrogen-bond donors (Lipinski definition) is 1. The number of halogens is 2. The van der Waals surface area contributed by atoms with Crippen molar-refractivity contribution >= 4 is 6.09 Å². The van der Waals surface area contributed by atoms with Crippen LogP contribution in [0.1, 0.15) is 43.0 Å². The summed E-state index contributed by atoms with van der Waals surface area (Å²) >= 11 is 0. The lowest BCUT2D eigenvalue weighted by Gasteiger charge is -2.46. The molecular weight excluding hydrogens is 614 g/mol. The third kappa shape index (κ3) is 10.2. The van der Waals surface area contributed by atoms with Gasteiger partial charge >= 0.3 is 6.09 Å². The van der Waals surface area contributed by atoms with E-state index in [4.69, 9.17) is 14.2 Å². The Morgan fingerprint density at radius 2 is 1.38 bits per heavy atom. The Labute approximate surface area is 281 Å². The Hall–Kier alpha value is -4.15. The van der Waals surface area contributed by atoms with E-state index in [0.717, 1.165) is 22.8 Å². The SMILES string of the molecule is CC(C)(C)OC(=O)N1C[C@H](O)OCC1C(OCc1ccccc1)C(Cc1cc(F)cc(F)c1)N(Cc1ccccc1)Cc1ccccc1. The molecule has 254 valence electrons. The Bertz CT molecular complexity index is 1530. The van der Waals surface area contributed by atoms with E-state index in [1.54, 1.807) is 20.8 Å². The summed E-state index contributed by atoms with van der Waals surface area (Å²) in [6.07, 6.45) is -2.40. The van der Waals surface area contributed by atoms with Crippen LogP contribution in [0.25, 0.3) is 0 Å². The molecule has 1 aliphatic heterocycles. The van der Waals surface area contributed by atoms with Crippen LogP contribution in [0.2, 0.25) is 0 Å². The van der Waals surface area contributed by atoms with Gasteiger partial charge in [0.05, 0.1) is 31.9 Å².